The van der Waals surface area contributed by atoms with Gasteiger partial charge in [0, 0.05) is 0 Å². The van der Waals surface area contributed by atoms with Gasteiger partial charge in [-0.2, -0.15) is 0 Å². The van der Waals surface area contributed by atoms with E-state index in [1.54, 1.807) is 20.4 Å². The van der Waals surface area contributed by atoms with E-state index in [9.17, 15) is 0 Å². The molecule has 0 saturated heterocycles. The Morgan fingerprint density at radius 2 is 2.05 bits per heavy atom. The normalized spacial score (nSPS) is 12.2. The molecule has 0 saturated carbocycles. The topological polar surface area (TPSA) is 56.3 Å². The van der Waals surface area contributed by atoms with Crippen LogP contribution >= 0.6 is 11.5 Å². The minimum Gasteiger partial charge on any atom is -0.493 e. The molecule has 5 nitrogen and oxygen atoms in total. The molecule has 1 unspecified atom stereocenters. The second-order valence-electron chi connectivity index (χ2n) is 4.32. The molecule has 0 aliphatic rings. The summed E-state index contributed by atoms with van der Waals surface area (Å²) < 4.78 is 14.6. The third-order valence-corrected chi connectivity index (χ3v) is 3.73. The maximum atomic E-state index is 5.37. The van der Waals surface area contributed by atoms with Crippen LogP contribution in [0.5, 0.6) is 11.5 Å². The summed E-state index contributed by atoms with van der Waals surface area (Å²) in [6, 6.07) is 6.03. The van der Waals surface area contributed by atoms with E-state index in [1.165, 1.54) is 11.5 Å². The minimum atomic E-state index is 0.0785. The lowest BCUT2D eigenvalue weighted by atomic mass is 10.0. The number of methoxy groups -OCH3 is 2. The standard InChI is InChI=1S/C14H19N3O2S/c1-4-7-15-14(13-9-16-17-20-13)10-5-6-11(18-2)12(8-10)19-3/h5-6,8-9,14-15H,4,7H2,1-3H3. The van der Waals surface area contributed by atoms with Crippen molar-refractivity contribution in [1.29, 1.82) is 0 Å². The number of ether oxygens (including phenoxy) is 2. The summed E-state index contributed by atoms with van der Waals surface area (Å²) in [6.07, 6.45) is 2.87. The summed E-state index contributed by atoms with van der Waals surface area (Å²) in [4.78, 5) is 1.09. The summed E-state index contributed by atoms with van der Waals surface area (Å²) in [5, 5.41) is 7.44. The third kappa shape index (κ3) is 3.26. The van der Waals surface area contributed by atoms with Crippen LogP contribution in [0.25, 0.3) is 0 Å². The third-order valence-electron chi connectivity index (χ3n) is 3.00. The van der Waals surface area contributed by atoms with Crippen molar-refractivity contribution in [3.8, 4) is 11.5 Å². The van der Waals surface area contributed by atoms with Gasteiger partial charge >= 0.3 is 0 Å². The zero-order valence-corrected chi connectivity index (χ0v) is 12.7. The molecule has 0 bridgehead atoms. The first-order valence-electron chi connectivity index (χ1n) is 6.52. The summed E-state index contributed by atoms with van der Waals surface area (Å²) in [6.45, 7) is 3.07. The van der Waals surface area contributed by atoms with Crippen molar-refractivity contribution in [3.63, 3.8) is 0 Å². The maximum absolute atomic E-state index is 5.37. The van der Waals surface area contributed by atoms with Gasteiger partial charge in [-0.1, -0.05) is 17.5 Å². The Labute approximate surface area is 123 Å². The highest BCUT2D eigenvalue weighted by molar-refractivity contribution is 7.05. The van der Waals surface area contributed by atoms with E-state index in [1.807, 2.05) is 18.2 Å². The molecule has 0 radical (unpaired) electrons. The number of rotatable bonds is 7. The number of nitrogens with zero attached hydrogens (tertiary/aromatic N) is 2. The molecule has 6 heteroatoms. The lowest BCUT2D eigenvalue weighted by molar-refractivity contribution is 0.354. The Balaban J connectivity index is 2.33. The Hall–Kier alpha value is -1.66. The Morgan fingerprint density at radius 1 is 1.25 bits per heavy atom. The highest BCUT2D eigenvalue weighted by Gasteiger charge is 2.17. The molecule has 2 aromatic rings. The molecule has 0 spiro atoms. The van der Waals surface area contributed by atoms with Gasteiger partial charge in [-0.25, -0.2) is 0 Å². The van der Waals surface area contributed by atoms with E-state index in [0.717, 1.165) is 34.9 Å². The summed E-state index contributed by atoms with van der Waals surface area (Å²) in [5.41, 5.74) is 1.11. The average molecular weight is 293 g/mol. The number of nitrogens with one attached hydrogen (secondary N) is 1. The first-order chi connectivity index (χ1) is 9.80. The molecule has 1 heterocycles. The summed E-state index contributed by atoms with van der Waals surface area (Å²) in [7, 11) is 3.28. The monoisotopic (exact) mass is 293 g/mol. The van der Waals surface area contributed by atoms with Crippen LogP contribution in [0.15, 0.2) is 24.4 Å². The average Bonchev–Trinajstić information content (AvgIpc) is 3.01. The Kier molecular flexibility index (Phi) is 5.31. The maximum Gasteiger partial charge on any atom is 0.161 e. The van der Waals surface area contributed by atoms with Crippen LogP contribution in [0.1, 0.15) is 29.8 Å². The van der Waals surface area contributed by atoms with Crippen LogP contribution in [0, 0.1) is 0 Å². The summed E-state index contributed by atoms with van der Waals surface area (Å²) >= 11 is 1.40. The van der Waals surface area contributed by atoms with Crippen LogP contribution in [-0.4, -0.2) is 30.4 Å². The van der Waals surface area contributed by atoms with Gasteiger partial charge in [-0.05, 0) is 42.2 Å². The molecule has 0 fully saturated rings. The van der Waals surface area contributed by atoms with Crippen molar-refractivity contribution < 1.29 is 9.47 Å². The van der Waals surface area contributed by atoms with Gasteiger partial charge in [0.2, 0.25) is 0 Å². The zero-order chi connectivity index (χ0) is 14.4. The molecule has 2 rings (SSSR count). The predicted molar refractivity (Wildman–Crippen MR) is 79.6 cm³/mol. The fraction of sp³-hybridized carbons (Fsp3) is 0.429. The Bertz CT molecular complexity index is 531. The SMILES string of the molecule is CCCNC(c1ccc(OC)c(OC)c1)c1cnns1. The molecule has 1 N–H and O–H groups in total. The van der Waals surface area contributed by atoms with Crippen LogP contribution in [0.4, 0.5) is 0 Å². The van der Waals surface area contributed by atoms with Gasteiger partial charge in [0.25, 0.3) is 0 Å². The molecule has 0 aliphatic carbocycles. The van der Waals surface area contributed by atoms with E-state index in [0.29, 0.717) is 0 Å². The van der Waals surface area contributed by atoms with E-state index >= 15 is 0 Å². The Morgan fingerprint density at radius 3 is 2.65 bits per heavy atom. The first-order valence-corrected chi connectivity index (χ1v) is 7.30. The van der Waals surface area contributed by atoms with Crippen molar-refractivity contribution >= 4 is 11.5 Å². The van der Waals surface area contributed by atoms with Gasteiger partial charge < -0.3 is 14.8 Å². The fourth-order valence-electron chi connectivity index (χ4n) is 2.01. The zero-order valence-electron chi connectivity index (χ0n) is 11.9. The second kappa shape index (κ2) is 7.21. The van der Waals surface area contributed by atoms with E-state index in [2.05, 4.69) is 21.8 Å². The van der Waals surface area contributed by atoms with Crippen LogP contribution in [-0.2, 0) is 0 Å². The van der Waals surface area contributed by atoms with Crippen LogP contribution in [0.3, 0.4) is 0 Å². The number of hydrogen-bond donors (Lipinski definition) is 1. The van der Waals surface area contributed by atoms with Gasteiger partial charge in [0.05, 0.1) is 31.3 Å². The molecule has 1 atom stereocenters. The van der Waals surface area contributed by atoms with Crippen molar-refractivity contribution in [3.05, 3.63) is 34.8 Å². The van der Waals surface area contributed by atoms with E-state index in [4.69, 9.17) is 9.47 Å². The molecule has 1 aromatic carbocycles. The number of benzene rings is 1. The van der Waals surface area contributed by atoms with Crippen LogP contribution < -0.4 is 14.8 Å². The first kappa shape index (κ1) is 14.7. The van der Waals surface area contributed by atoms with Crippen molar-refractivity contribution in [2.24, 2.45) is 0 Å². The van der Waals surface area contributed by atoms with Gasteiger partial charge in [-0.3, -0.25) is 0 Å². The highest BCUT2D eigenvalue weighted by atomic mass is 32.1. The van der Waals surface area contributed by atoms with E-state index < -0.39 is 0 Å². The summed E-state index contributed by atoms with van der Waals surface area (Å²) in [5.74, 6) is 1.46. The van der Waals surface area contributed by atoms with E-state index in [-0.39, 0.29) is 6.04 Å². The van der Waals surface area contributed by atoms with Crippen molar-refractivity contribution in [2.75, 3.05) is 20.8 Å². The quantitative estimate of drug-likeness (QED) is 0.850. The smallest absolute Gasteiger partial charge is 0.161 e. The van der Waals surface area contributed by atoms with Crippen molar-refractivity contribution in [1.82, 2.24) is 14.9 Å². The van der Waals surface area contributed by atoms with Gasteiger partial charge in [0.1, 0.15) is 0 Å². The number of aromatic nitrogens is 2. The molecular formula is C14H19N3O2S. The molecule has 20 heavy (non-hydrogen) atoms. The second-order valence-corrected chi connectivity index (χ2v) is 5.14. The molecule has 108 valence electrons. The molecule has 0 aliphatic heterocycles. The van der Waals surface area contributed by atoms with Gasteiger partial charge in [0.15, 0.2) is 11.5 Å². The lowest BCUT2D eigenvalue weighted by Gasteiger charge is -2.18. The lowest BCUT2D eigenvalue weighted by Crippen LogP contribution is -2.22. The molecular weight excluding hydrogens is 274 g/mol. The number of hydrogen-bond acceptors (Lipinski definition) is 6. The van der Waals surface area contributed by atoms with Crippen molar-refractivity contribution in [2.45, 2.75) is 19.4 Å². The fourth-order valence-corrected chi connectivity index (χ4v) is 2.61. The predicted octanol–water partition coefficient (Wildman–Crippen LogP) is 2.64. The van der Waals surface area contributed by atoms with Crippen LogP contribution in [0.2, 0.25) is 0 Å². The minimum absolute atomic E-state index is 0.0785. The largest absolute Gasteiger partial charge is 0.493 e. The molecule has 1 aromatic heterocycles. The highest BCUT2D eigenvalue weighted by Crippen LogP contribution is 2.32. The van der Waals surface area contributed by atoms with Gasteiger partial charge in [-0.15, -0.1) is 5.10 Å². The molecule has 0 amide bonds.